The molecule has 0 amide bonds. The highest BCUT2D eigenvalue weighted by Gasteiger charge is 2.33. The number of benzene rings is 1. The van der Waals surface area contributed by atoms with Gasteiger partial charge in [-0.25, -0.2) is 4.79 Å². The zero-order valence-electron chi connectivity index (χ0n) is 13.3. The second-order valence-electron chi connectivity index (χ2n) is 6.67. The molecule has 1 aliphatic rings. The molecule has 0 heterocycles. The number of ether oxygens (including phenoxy) is 1. The maximum absolute atomic E-state index is 12.3. The zero-order valence-corrected chi connectivity index (χ0v) is 13.3. The van der Waals surface area contributed by atoms with Crippen molar-refractivity contribution in [2.45, 2.75) is 52.7 Å². The van der Waals surface area contributed by atoms with Gasteiger partial charge in [-0.2, -0.15) is 0 Å². The van der Waals surface area contributed by atoms with E-state index in [1.54, 1.807) is 12.1 Å². The molecule has 0 radical (unpaired) electrons. The Labute approximate surface area is 127 Å². The third-order valence-corrected chi connectivity index (χ3v) is 4.65. The van der Waals surface area contributed by atoms with Crippen molar-refractivity contribution >= 4 is 5.97 Å². The van der Waals surface area contributed by atoms with Gasteiger partial charge >= 0.3 is 5.97 Å². The summed E-state index contributed by atoms with van der Waals surface area (Å²) in [5.41, 5.74) is 7.22. The molecule has 3 heteroatoms. The molecule has 3 atom stereocenters. The molecule has 0 saturated heterocycles. The van der Waals surface area contributed by atoms with Crippen molar-refractivity contribution in [3.63, 3.8) is 0 Å². The number of carbonyl (C=O) groups excluding carboxylic acids is 1. The van der Waals surface area contributed by atoms with Gasteiger partial charge in [0.2, 0.25) is 0 Å². The van der Waals surface area contributed by atoms with Crippen LogP contribution in [-0.4, -0.2) is 12.1 Å². The molecule has 2 rings (SSSR count). The molecule has 1 aliphatic carbocycles. The Kier molecular flexibility index (Phi) is 5.40. The van der Waals surface area contributed by atoms with Crippen LogP contribution in [0.25, 0.3) is 0 Å². The molecule has 3 nitrogen and oxygen atoms in total. The molecule has 1 aromatic rings. The first-order valence-corrected chi connectivity index (χ1v) is 8.01. The van der Waals surface area contributed by atoms with E-state index in [4.69, 9.17) is 10.5 Å². The fraction of sp³-hybridized carbons (Fsp3) is 0.611. The summed E-state index contributed by atoms with van der Waals surface area (Å²) in [6, 6.07) is 7.39. The summed E-state index contributed by atoms with van der Waals surface area (Å²) in [5.74, 6) is 1.46. The first-order chi connectivity index (χ1) is 10.0. The molecule has 1 saturated carbocycles. The van der Waals surface area contributed by atoms with Crippen molar-refractivity contribution in [2.24, 2.45) is 23.5 Å². The lowest BCUT2D eigenvalue weighted by molar-refractivity contribution is -0.0174. The van der Waals surface area contributed by atoms with Crippen molar-refractivity contribution in [3.05, 3.63) is 35.4 Å². The number of hydrogen-bond donors (Lipinski definition) is 1. The van der Waals surface area contributed by atoms with Crippen LogP contribution in [0.15, 0.2) is 24.3 Å². The van der Waals surface area contributed by atoms with E-state index in [2.05, 4.69) is 20.8 Å². The highest BCUT2D eigenvalue weighted by atomic mass is 16.5. The number of nitrogens with two attached hydrogens (primary N) is 1. The van der Waals surface area contributed by atoms with Crippen LogP contribution < -0.4 is 5.73 Å². The Bertz CT molecular complexity index is 467. The second-order valence-corrected chi connectivity index (χ2v) is 6.67. The minimum Gasteiger partial charge on any atom is -0.458 e. The lowest BCUT2D eigenvalue weighted by atomic mass is 9.75. The lowest BCUT2D eigenvalue weighted by Crippen LogP contribution is -2.35. The van der Waals surface area contributed by atoms with E-state index in [-0.39, 0.29) is 12.1 Å². The molecular weight excluding hydrogens is 262 g/mol. The van der Waals surface area contributed by atoms with E-state index in [1.165, 1.54) is 6.42 Å². The minimum atomic E-state index is -0.205. The first kappa shape index (κ1) is 16.0. The van der Waals surface area contributed by atoms with E-state index in [0.29, 0.717) is 29.9 Å². The van der Waals surface area contributed by atoms with Crippen LogP contribution in [0, 0.1) is 17.8 Å². The Morgan fingerprint density at radius 1 is 1.29 bits per heavy atom. The monoisotopic (exact) mass is 289 g/mol. The van der Waals surface area contributed by atoms with Gasteiger partial charge in [-0.15, -0.1) is 0 Å². The van der Waals surface area contributed by atoms with Crippen molar-refractivity contribution in [2.75, 3.05) is 0 Å². The molecule has 0 spiro atoms. The van der Waals surface area contributed by atoms with Crippen LogP contribution >= 0.6 is 0 Å². The van der Waals surface area contributed by atoms with E-state index in [0.717, 1.165) is 18.4 Å². The predicted octanol–water partition coefficient (Wildman–Crippen LogP) is 3.76. The summed E-state index contributed by atoms with van der Waals surface area (Å²) in [6.45, 7) is 7.17. The summed E-state index contributed by atoms with van der Waals surface area (Å²) in [6.07, 6.45) is 3.43. The Hall–Kier alpha value is -1.35. The number of carbonyl (C=O) groups is 1. The van der Waals surface area contributed by atoms with Gasteiger partial charge < -0.3 is 10.5 Å². The normalized spacial score (nSPS) is 25.9. The topological polar surface area (TPSA) is 52.3 Å². The Balaban J connectivity index is 2.04. The maximum atomic E-state index is 12.3. The Morgan fingerprint density at radius 3 is 2.52 bits per heavy atom. The third-order valence-electron chi connectivity index (χ3n) is 4.65. The van der Waals surface area contributed by atoms with Gasteiger partial charge in [0.05, 0.1) is 5.56 Å². The van der Waals surface area contributed by atoms with E-state index in [1.807, 2.05) is 12.1 Å². The van der Waals surface area contributed by atoms with Gasteiger partial charge in [-0.3, -0.25) is 0 Å². The average Bonchev–Trinajstić information content (AvgIpc) is 2.47. The van der Waals surface area contributed by atoms with E-state index >= 15 is 0 Å². The van der Waals surface area contributed by atoms with Crippen LogP contribution in [-0.2, 0) is 11.3 Å². The largest absolute Gasteiger partial charge is 0.458 e. The summed E-state index contributed by atoms with van der Waals surface area (Å²) in [7, 11) is 0. The quantitative estimate of drug-likeness (QED) is 0.859. The molecule has 116 valence electrons. The van der Waals surface area contributed by atoms with Crippen molar-refractivity contribution in [1.29, 1.82) is 0 Å². The van der Waals surface area contributed by atoms with E-state index < -0.39 is 0 Å². The van der Waals surface area contributed by atoms with Crippen LogP contribution in [0.2, 0.25) is 0 Å². The number of hydrogen-bond acceptors (Lipinski definition) is 3. The summed E-state index contributed by atoms with van der Waals surface area (Å²) in [4.78, 5) is 12.3. The van der Waals surface area contributed by atoms with Crippen molar-refractivity contribution < 1.29 is 9.53 Å². The Morgan fingerprint density at radius 2 is 1.95 bits per heavy atom. The standard InChI is InChI=1S/C18H27NO2/c1-12(2)16-9-4-13(3)10-17(16)21-18(20)15-7-5-14(11-19)6-8-15/h5-8,12-13,16-17H,4,9-11,19H2,1-3H3. The highest BCUT2D eigenvalue weighted by molar-refractivity contribution is 5.89. The smallest absolute Gasteiger partial charge is 0.338 e. The van der Waals surface area contributed by atoms with Gasteiger partial charge in [-0.1, -0.05) is 39.3 Å². The number of rotatable bonds is 4. The maximum Gasteiger partial charge on any atom is 0.338 e. The van der Waals surface area contributed by atoms with Gasteiger partial charge in [0.15, 0.2) is 0 Å². The van der Waals surface area contributed by atoms with Gasteiger partial charge in [-0.05, 0) is 48.3 Å². The molecule has 0 aliphatic heterocycles. The van der Waals surface area contributed by atoms with Crippen LogP contribution in [0.4, 0.5) is 0 Å². The molecular formula is C18H27NO2. The molecule has 3 unspecified atom stereocenters. The summed E-state index contributed by atoms with van der Waals surface area (Å²) in [5, 5.41) is 0. The SMILES string of the molecule is CC1CCC(C(C)C)C(OC(=O)c2ccc(CN)cc2)C1. The predicted molar refractivity (Wildman–Crippen MR) is 84.9 cm³/mol. The summed E-state index contributed by atoms with van der Waals surface area (Å²) < 4.78 is 5.83. The van der Waals surface area contributed by atoms with Crippen LogP contribution in [0.3, 0.4) is 0 Å². The molecule has 1 fully saturated rings. The molecule has 21 heavy (non-hydrogen) atoms. The fourth-order valence-electron chi connectivity index (χ4n) is 3.23. The third kappa shape index (κ3) is 4.07. The fourth-order valence-corrected chi connectivity index (χ4v) is 3.23. The second kappa shape index (κ2) is 7.08. The van der Waals surface area contributed by atoms with Gasteiger partial charge in [0.25, 0.3) is 0 Å². The lowest BCUT2D eigenvalue weighted by Gasteiger charge is -2.36. The zero-order chi connectivity index (χ0) is 15.4. The van der Waals surface area contributed by atoms with Gasteiger partial charge in [0, 0.05) is 6.54 Å². The molecule has 0 bridgehead atoms. The van der Waals surface area contributed by atoms with Crippen molar-refractivity contribution in [3.8, 4) is 0 Å². The first-order valence-electron chi connectivity index (χ1n) is 8.01. The van der Waals surface area contributed by atoms with Gasteiger partial charge in [0.1, 0.15) is 6.10 Å². The molecule has 2 N–H and O–H groups in total. The minimum absolute atomic E-state index is 0.0513. The molecule has 0 aromatic heterocycles. The molecule has 1 aromatic carbocycles. The van der Waals surface area contributed by atoms with Crippen molar-refractivity contribution in [1.82, 2.24) is 0 Å². The highest BCUT2D eigenvalue weighted by Crippen LogP contribution is 2.35. The van der Waals surface area contributed by atoms with E-state index in [9.17, 15) is 4.79 Å². The number of esters is 1. The van der Waals surface area contributed by atoms with Crippen LogP contribution in [0.5, 0.6) is 0 Å². The van der Waals surface area contributed by atoms with Crippen LogP contribution in [0.1, 0.15) is 56.0 Å². The summed E-state index contributed by atoms with van der Waals surface area (Å²) >= 11 is 0. The average molecular weight is 289 g/mol.